The van der Waals surface area contributed by atoms with Crippen molar-refractivity contribution < 1.29 is 4.74 Å². The summed E-state index contributed by atoms with van der Waals surface area (Å²) in [6.07, 6.45) is 4.04. The summed E-state index contributed by atoms with van der Waals surface area (Å²) >= 11 is 0. The predicted molar refractivity (Wildman–Crippen MR) is 84.3 cm³/mol. The molecule has 0 amide bonds. The lowest BCUT2D eigenvalue weighted by Gasteiger charge is -2.29. The largest absolute Gasteiger partial charge is 0.495 e. The van der Waals surface area contributed by atoms with Gasteiger partial charge in [0.1, 0.15) is 11.8 Å². The third-order valence-corrected chi connectivity index (χ3v) is 4.02. The molecule has 1 fully saturated rings. The molecular weight excluding hydrogens is 262 g/mol. The number of rotatable bonds is 6. The number of nitrogens with one attached hydrogen (secondary N) is 1. The van der Waals surface area contributed by atoms with E-state index in [0.717, 1.165) is 18.7 Å². The molecule has 0 saturated carbocycles. The van der Waals surface area contributed by atoms with Crippen LogP contribution in [0.2, 0.25) is 0 Å². The SMILES string of the molecule is COc1ccc(CNC(C)CN2CCCCC2)cc1C#N. The average molecular weight is 287 g/mol. The monoisotopic (exact) mass is 287 g/mol. The summed E-state index contributed by atoms with van der Waals surface area (Å²) < 4.78 is 5.17. The van der Waals surface area contributed by atoms with E-state index in [1.165, 1.54) is 32.4 Å². The highest BCUT2D eigenvalue weighted by Crippen LogP contribution is 2.18. The van der Waals surface area contributed by atoms with Crippen LogP contribution in [0.5, 0.6) is 5.75 Å². The molecule has 1 N–H and O–H groups in total. The molecule has 4 heteroatoms. The second kappa shape index (κ2) is 8.02. The molecule has 4 nitrogen and oxygen atoms in total. The lowest BCUT2D eigenvalue weighted by atomic mass is 10.1. The minimum absolute atomic E-state index is 0.454. The zero-order valence-corrected chi connectivity index (χ0v) is 13.1. The van der Waals surface area contributed by atoms with Crippen LogP contribution in [0.1, 0.15) is 37.3 Å². The molecule has 1 unspecified atom stereocenters. The van der Waals surface area contributed by atoms with Crippen LogP contribution < -0.4 is 10.1 Å². The summed E-state index contributed by atoms with van der Waals surface area (Å²) in [5.41, 5.74) is 1.72. The van der Waals surface area contributed by atoms with Crippen LogP contribution in [0.3, 0.4) is 0 Å². The molecule has 1 aromatic rings. The highest BCUT2D eigenvalue weighted by atomic mass is 16.5. The van der Waals surface area contributed by atoms with Crippen LogP contribution >= 0.6 is 0 Å². The Labute approximate surface area is 127 Å². The van der Waals surface area contributed by atoms with Crippen molar-refractivity contribution in [1.29, 1.82) is 5.26 Å². The van der Waals surface area contributed by atoms with E-state index in [-0.39, 0.29) is 0 Å². The third-order valence-electron chi connectivity index (χ3n) is 4.02. The summed E-state index contributed by atoms with van der Waals surface area (Å²) in [4.78, 5) is 2.54. The first-order valence-electron chi connectivity index (χ1n) is 7.75. The molecule has 1 aromatic carbocycles. The number of methoxy groups -OCH3 is 1. The highest BCUT2D eigenvalue weighted by Gasteiger charge is 2.13. The molecule has 0 aromatic heterocycles. The van der Waals surface area contributed by atoms with E-state index >= 15 is 0 Å². The summed E-state index contributed by atoms with van der Waals surface area (Å²) in [5.74, 6) is 0.641. The van der Waals surface area contributed by atoms with Gasteiger partial charge in [-0.2, -0.15) is 5.26 Å². The van der Waals surface area contributed by atoms with Gasteiger partial charge in [0, 0.05) is 19.1 Å². The number of likely N-dealkylation sites (tertiary alicyclic amines) is 1. The van der Waals surface area contributed by atoms with Crippen molar-refractivity contribution >= 4 is 0 Å². The van der Waals surface area contributed by atoms with Crippen LogP contribution in [0.4, 0.5) is 0 Å². The van der Waals surface area contributed by atoms with Gasteiger partial charge in [-0.15, -0.1) is 0 Å². The fourth-order valence-corrected chi connectivity index (χ4v) is 2.84. The summed E-state index contributed by atoms with van der Waals surface area (Å²) in [5, 5.41) is 12.7. The first kappa shape index (κ1) is 15.8. The van der Waals surface area contributed by atoms with E-state index in [0.29, 0.717) is 17.4 Å². The molecular formula is C17H25N3O. The highest BCUT2D eigenvalue weighted by molar-refractivity contribution is 5.45. The lowest BCUT2D eigenvalue weighted by molar-refractivity contribution is 0.209. The van der Waals surface area contributed by atoms with Gasteiger partial charge in [0.25, 0.3) is 0 Å². The van der Waals surface area contributed by atoms with Gasteiger partial charge in [0.2, 0.25) is 0 Å². The Morgan fingerprint density at radius 2 is 2.10 bits per heavy atom. The van der Waals surface area contributed by atoms with E-state index in [1.807, 2.05) is 18.2 Å². The zero-order valence-electron chi connectivity index (χ0n) is 13.1. The molecule has 21 heavy (non-hydrogen) atoms. The maximum absolute atomic E-state index is 9.11. The van der Waals surface area contributed by atoms with Crippen molar-refractivity contribution in [2.45, 2.75) is 38.8 Å². The summed E-state index contributed by atoms with van der Waals surface area (Å²) in [7, 11) is 1.59. The lowest BCUT2D eigenvalue weighted by Crippen LogP contribution is -2.41. The number of benzene rings is 1. The molecule has 1 atom stereocenters. The molecule has 1 saturated heterocycles. The van der Waals surface area contributed by atoms with E-state index in [2.05, 4.69) is 23.2 Å². The van der Waals surface area contributed by atoms with Crippen LogP contribution in [-0.2, 0) is 6.54 Å². The van der Waals surface area contributed by atoms with E-state index < -0.39 is 0 Å². The Balaban J connectivity index is 1.83. The fourth-order valence-electron chi connectivity index (χ4n) is 2.84. The van der Waals surface area contributed by atoms with Gasteiger partial charge >= 0.3 is 0 Å². The molecule has 114 valence electrons. The zero-order chi connectivity index (χ0) is 15.1. The van der Waals surface area contributed by atoms with Gasteiger partial charge in [0.15, 0.2) is 0 Å². The van der Waals surface area contributed by atoms with Gasteiger partial charge in [-0.3, -0.25) is 0 Å². The van der Waals surface area contributed by atoms with Gasteiger partial charge in [-0.1, -0.05) is 12.5 Å². The average Bonchev–Trinajstić information content (AvgIpc) is 2.53. The maximum Gasteiger partial charge on any atom is 0.136 e. The minimum atomic E-state index is 0.454. The normalized spacial score (nSPS) is 17.2. The maximum atomic E-state index is 9.11. The Hall–Kier alpha value is -1.57. The van der Waals surface area contributed by atoms with Gasteiger partial charge in [-0.25, -0.2) is 0 Å². The standard InChI is InChI=1S/C17H25N3O/c1-14(13-20-8-4-3-5-9-20)19-12-15-6-7-17(21-2)16(10-15)11-18/h6-7,10,14,19H,3-5,8-9,12-13H2,1-2H3. The summed E-state index contributed by atoms with van der Waals surface area (Å²) in [6.45, 7) is 6.57. The predicted octanol–water partition coefficient (Wildman–Crippen LogP) is 2.53. The van der Waals surface area contributed by atoms with Crippen LogP contribution in [0, 0.1) is 11.3 Å². The number of nitrogens with zero attached hydrogens (tertiary/aromatic N) is 2. The molecule has 0 spiro atoms. The first-order chi connectivity index (χ1) is 10.2. The minimum Gasteiger partial charge on any atom is -0.495 e. The molecule has 1 heterocycles. The first-order valence-corrected chi connectivity index (χ1v) is 7.75. The summed E-state index contributed by atoms with van der Waals surface area (Å²) in [6, 6.07) is 8.42. The van der Waals surface area contributed by atoms with Gasteiger partial charge in [0.05, 0.1) is 12.7 Å². The molecule has 0 aliphatic carbocycles. The van der Waals surface area contributed by atoms with Crippen molar-refractivity contribution in [2.75, 3.05) is 26.7 Å². The van der Waals surface area contributed by atoms with Gasteiger partial charge in [-0.05, 0) is 50.6 Å². The molecule has 0 bridgehead atoms. The van der Waals surface area contributed by atoms with E-state index in [1.54, 1.807) is 7.11 Å². The number of hydrogen-bond acceptors (Lipinski definition) is 4. The van der Waals surface area contributed by atoms with Gasteiger partial charge < -0.3 is 15.0 Å². The van der Waals surface area contributed by atoms with Crippen LogP contribution in [-0.4, -0.2) is 37.7 Å². The number of piperidine rings is 1. The number of hydrogen-bond donors (Lipinski definition) is 1. The number of ether oxygens (including phenoxy) is 1. The second-order valence-corrected chi connectivity index (χ2v) is 5.79. The smallest absolute Gasteiger partial charge is 0.136 e. The van der Waals surface area contributed by atoms with Crippen molar-refractivity contribution in [3.05, 3.63) is 29.3 Å². The molecule has 1 aliphatic heterocycles. The van der Waals surface area contributed by atoms with E-state index in [4.69, 9.17) is 10.00 Å². The second-order valence-electron chi connectivity index (χ2n) is 5.79. The van der Waals surface area contributed by atoms with Crippen molar-refractivity contribution in [1.82, 2.24) is 10.2 Å². The molecule has 1 aliphatic rings. The Bertz CT molecular complexity index is 489. The quantitative estimate of drug-likeness (QED) is 0.873. The van der Waals surface area contributed by atoms with Crippen LogP contribution in [0.25, 0.3) is 0 Å². The van der Waals surface area contributed by atoms with Crippen molar-refractivity contribution in [3.63, 3.8) is 0 Å². The Morgan fingerprint density at radius 3 is 2.76 bits per heavy atom. The topological polar surface area (TPSA) is 48.3 Å². The Morgan fingerprint density at radius 1 is 1.33 bits per heavy atom. The number of nitriles is 1. The van der Waals surface area contributed by atoms with Crippen molar-refractivity contribution in [3.8, 4) is 11.8 Å². The molecule has 0 radical (unpaired) electrons. The van der Waals surface area contributed by atoms with E-state index in [9.17, 15) is 0 Å². The van der Waals surface area contributed by atoms with Crippen LogP contribution in [0.15, 0.2) is 18.2 Å². The molecule has 2 rings (SSSR count). The Kier molecular flexibility index (Phi) is 6.04. The van der Waals surface area contributed by atoms with Crippen molar-refractivity contribution in [2.24, 2.45) is 0 Å². The fraction of sp³-hybridized carbons (Fsp3) is 0.588. The third kappa shape index (κ3) is 4.73.